The van der Waals surface area contributed by atoms with Gasteiger partial charge in [-0.05, 0) is 18.2 Å². The molecule has 0 radical (unpaired) electrons. The van der Waals surface area contributed by atoms with Crippen molar-refractivity contribution in [1.82, 2.24) is 5.32 Å². The number of carbonyl (C=O) groups excluding carboxylic acids is 1. The van der Waals surface area contributed by atoms with E-state index in [1.165, 1.54) is 12.1 Å². The number of anilines is 1. The van der Waals surface area contributed by atoms with Crippen LogP contribution in [0.1, 0.15) is 10.4 Å². The molecule has 3 N–H and O–H groups in total. The molecule has 0 saturated heterocycles. The minimum absolute atomic E-state index is 0.116. The van der Waals surface area contributed by atoms with E-state index in [9.17, 15) is 9.59 Å². The van der Waals surface area contributed by atoms with Gasteiger partial charge in [-0.1, -0.05) is 6.07 Å². The van der Waals surface area contributed by atoms with Crippen LogP contribution in [0.2, 0.25) is 0 Å². The van der Waals surface area contributed by atoms with E-state index < -0.39 is 12.0 Å². The molecule has 0 saturated carbocycles. The normalized spacial score (nSPS) is 10.1. The number of carboxylic acids is 1. The largest absolute Gasteiger partial charge is 0.478 e. The van der Waals surface area contributed by atoms with Gasteiger partial charge in [0.25, 0.3) is 0 Å². The number of amides is 2. The van der Waals surface area contributed by atoms with Crippen LogP contribution in [-0.2, 0) is 9.47 Å². The molecule has 1 rings (SSSR count). The van der Waals surface area contributed by atoms with E-state index in [0.717, 1.165) is 0 Å². The van der Waals surface area contributed by atoms with Gasteiger partial charge >= 0.3 is 12.0 Å². The molecule has 0 heterocycles. The molecule has 0 unspecified atom stereocenters. The summed E-state index contributed by atoms with van der Waals surface area (Å²) in [5.41, 5.74) is 0.536. The Morgan fingerprint density at radius 1 is 1.25 bits per heavy atom. The lowest BCUT2D eigenvalue weighted by atomic mass is 10.2. The fourth-order valence-electron chi connectivity index (χ4n) is 1.39. The van der Waals surface area contributed by atoms with E-state index in [4.69, 9.17) is 14.6 Å². The van der Waals surface area contributed by atoms with Crippen molar-refractivity contribution in [2.45, 2.75) is 0 Å². The van der Waals surface area contributed by atoms with E-state index >= 15 is 0 Å². The number of nitrogens with one attached hydrogen (secondary N) is 2. The molecule has 0 atom stereocenters. The maximum atomic E-state index is 11.5. The highest BCUT2D eigenvalue weighted by Gasteiger charge is 2.05. The molecule has 1 aromatic rings. The molecular formula is C13H18N2O5. The van der Waals surface area contributed by atoms with Crippen molar-refractivity contribution in [3.63, 3.8) is 0 Å². The summed E-state index contributed by atoms with van der Waals surface area (Å²) in [7, 11) is 1.58. The molecule has 7 heteroatoms. The second-order valence-electron chi connectivity index (χ2n) is 3.87. The second-order valence-corrected chi connectivity index (χ2v) is 3.87. The summed E-state index contributed by atoms with van der Waals surface area (Å²) in [6.07, 6.45) is 0. The van der Waals surface area contributed by atoms with Gasteiger partial charge in [-0.15, -0.1) is 0 Å². The van der Waals surface area contributed by atoms with Crippen LogP contribution >= 0.6 is 0 Å². The summed E-state index contributed by atoms with van der Waals surface area (Å²) < 4.78 is 9.99. The van der Waals surface area contributed by atoms with Crippen molar-refractivity contribution >= 4 is 17.7 Å². The molecule has 0 fully saturated rings. The Kier molecular flexibility index (Phi) is 7.08. The van der Waals surface area contributed by atoms with Gasteiger partial charge in [0.15, 0.2) is 0 Å². The lowest BCUT2D eigenvalue weighted by molar-refractivity contribution is 0.0697. The zero-order valence-corrected chi connectivity index (χ0v) is 11.2. The highest BCUT2D eigenvalue weighted by atomic mass is 16.5. The first-order valence-corrected chi connectivity index (χ1v) is 6.08. The molecule has 0 bridgehead atoms. The topological polar surface area (TPSA) is 96.9 Å². The molecule has 0 aliphatic heterocycles. The van der Waals surface area contributed by atoms with E-state index in [1.807, 2.05) is 0 Å². The van der Waals surface area contributed by atoms with Crippen molar-refractivity contribution in [3.05, 3.63) is 29.8 Å². The van der Waals surface area contributed by atoms with E-state index in [-0.39, 0.29) is 5.56 Å². The maximum absolute atomic E-state index is 11.5. The molecule has 0 aliphatic carbocycles. The molecule has 20 heavy (non-hydrogen) atoms. The minimum Gasteiger partial charge on any atom is -0.478 e. The molecular weight excluding hydrogens is 264 g/mol. The SMILES string of the molecule is COCCOCCNC(=O)Nc1cccc(C(=O)O)c1. The van der Waals surface area contributed by atoms with Crippen LogP contribution in [-0.4, -0.2) is 50.6 Å². The Morgan fingerprint density at radius 2 is 2.05 bits per heavy atom. The number of carboxylic acid groups (broad SMARTS) is 1. The first-order valence-electron chi connectivity index (χ1n) is 6.08. The van der Waals surface area contributed by atoms with Crippen molar-refractivity contribution in [1.29, 1.82) is 0 Å². The molecule has 0 spiro atoms. The monoisotopic (exact) mass is 282 g/mol. The summed E-state index contributed by atoms with van der Waals surface area (Å²) in [5.74, 6) is -1.04. The van der Waals surface area contributed by atoms with Gasteiger partial charge in [0.2, 0.25) is 0 Å². The quantitative estimate of drug-likeness (QED) is 0.622. The number of ether oxygens (including phenoxy) is 2. The zero-order chi connectivity index (χ0) is 14.8. The summed E-state index contributed by atoms with van der Waals surface area (Å²) in [6.45, 7) is 1.72. The summed E-state index contributed by atoms with van der Waals surface area (Å²) in [6, 6.07) is 5.60. The third-order valence-corrected chi connectivity index (χ3v) is 2.33. The Balaban J connectivity index is 2.28. The number of hydrogen-bond acceptors (Lipinski definition) is 4. The second kappa shape index (κ2) is 8.89. The van der Waals surface area contributed by atoms with E-state index in [0.29, 0.717) is 32.1 Å². The van der Waals surface area contributed by atoms with Crippen molar-refractivity contribution in [2.75, 3.05) is 38.8 Å². The predicted molar refractivity (Wildman–Crippen MR) is 73.1 cm³/mol. The fraction of sp³-hybridized carbons (Fsp3) is 0.385. The third kappa shape index (κ3) is 6.17. The zero-order valence-electron chi connectivity index (χ0n) is 11.2. The number of rotatable bonds is 8. The Bertz CT molecular complexity index is 450. The first-order chi connectivity index (χ1) is 9.63. The number of carbonyl (C=O) groups is 2. The molecule has 7 nitrogen and oxygen atoms in total. The van der Waals surface area contributed by atoms with Crippen LogP contribution in [0.4, 0.5) is 10.5 Å². The van der Waals surface area contributed by atoms with Gasteiger partial charge in [-0.3, -0.25) is 0 Å². The number of benzene rings is 1. The average Bonchev–Trinajstić information content (AvgIpc) is 2.43. The standard InChI is InChI=1S/C13H18N2O5/c1-19-7-8-20-6-5-14-13(18)15-11-4-2-3-10(9-11)12(16)17/h2-4,9H,5-8H2,1H3,(H,16,17)(H2,14,15,18). The van der Waals surface area contributed by atoms with Crippen LogP contribution in [0.15, 0.2) is 24.3 Å². The van der Waals surface area contributed by atoms with Gasteiger partial charge in [-0.25, -0.2) is 9.59 Å². The lowest BCUT2D eigenvalue weighted by Gasteiger charge is -2.08. The lowest BCUT2D eigenvalue weighted by Crippen LogP contribution is -2.31. The van der Waals surface area contributed by atoms with Gasteiger partial charge < -0.3 is 25.2 Å². The molecule has 0 aliphatic rings. The van der Waals surface area contributed by atoms with E-state index in [1.54, 1.807) is 19.2 Å². The van der Waals surface area contributed by atoms with Gasteiger partial charge in [0.1, 0.15) is 0 Å². The number of methoxy groups -OCH3 is 1. The predicted octanol–water partition coefficient (Wildman–Crippen LogP) is 1.17. The average molecular weight is 282 g/mol. The van der Waals surface area contributed by atoms with Crippen LogP contribution in [0.3, 0.4) is 0 Å². The first kappa shape index (κ1) is 15.9. The molecule has 0 aromatic heterocycles. The summed E-state index contributed by atoms with van der Waals surface area (Å²) in [5, 5.41) is 14.0. The Labute approximate surface area is 116 Å². The van der Waals surface area contributed by atoms with Gasteiger partial charge in [0.05, 0.1) is 25.4 Å². The minimum atomic E-state index is -1.04. The molecule has 1 aromatic carbocycles. The number of hydrogen-bond donors (Lipinski definition) is 3. The van der Waals surface area contributed by atoms with Crippen molar-refractivity contribution in [3.8, 4) is 0 Å². The molecule has 110 valence electrons. The smallest absolute Gasteiger partial charge is 0.335 e. The number of urea groups is 1. The van der Waals surface area contributed by atoms with E-state index in [2.05, 4.69) is 10.6 Å². The van der Waals surface area contributed by atoms with Crippen LogP contribution < -0.4 is 10.6 Å². The summed E-state index contributed by atoms with van der Waals surface area (Å²) in [4.78, 5) is 22.3. The van der Waals surface area contributed by atoms with Crippen LogP contribution in [0.5, 0.6) is 0 Å². The Morgan fingerprint density at radius 3 is 2.75 bits per heavy atom. The van der Waals surface area contributed by atoms with Crippen LogP contribution in [0.25, 0.3) is 0 Å². The van der Waals surface area contributed by atoms with Gasteiger partial charge in [0, 0.05) is 19.3 Å². The summed E-state index contributed by atoms with van der Waals surface area (Å²) >= 11 is 0. The molecule has 2 amide bonds. The fourth-order valence-corrected chi connectivity index (χ4v) is 1.39. The number of aromatic carboxylic acids is 1. The van der Waals surface area contributed by atoms with Crippen molar-refractivity contribution < 1.29 is 24.2 Å². The highest BCUT2D eigenvalue weighted by molar-refractivity contribution is 5.93. The Hall–Kier alpha value is -2.12. The van der Waals surface area contributed by atoms with Crippen LogP contribution in [0, 0.1) is 0 Å². The maximum Gasteiger partial charge on any atom is 0.335 e. The van der Waals surface area contributed by atoms with Gasteiger partial charge in [-0.2, -0.15) is 0 Å². The van der Waals surface area contributed by atoms with Crippen molar-refractivity contribution in [2.24, 2.45) is 0 Å². The highest BCUT2D eigenvalue weighted by Crippen LogP contribution is 2.10. The third-order valence-electron chi connectivity index (χ3n) is 2.33.